The van der Waals surface area contributed by atoms with Gasteiger partial charge in [-0.2, -0.15) is 0 Å². The SMILES string of the molecule is [2H]C([2H])([2H])C([2H])([2H])C([2H])([2H])C([2H])([2H])C([2H])([2H])C([2H])([2H])C([2H])([2H])C([2H])([2H])C([2H])([2H])C([2H])([2H])C([2H])([2H])C([2H])([2H])C([2H])([2H])C([2H])([2H])C([2H])([2H])C(=O)OC[C@H](COP(=O)(O)OC[C@H](N)C(=O)O)OC(=O)C([2H])([2H])C([2H])([2H])C([2H])([2H])C([2H])([2H])C([2H])([2H])C([2H])([2H])C([2H])([2H])C([2H])([2H])C([2H])([2H])C([2H])([2H])C([2H])([2H])C([2H])([2H])C([2H])([2H])C([2H])([2H])C([2H])([2H])[2H].[Na]. The summed E-state index contributed by atoms with van der Waals surface area (Å²) in [5.41, 5.74) is 5.16. The molecule has 0 aromatic rings. The molecule has 0 amide bonds. The molecule has 4 N–H and O–H groups in total. The maximum absolute atomic E-state index is 13.9. The Hall–Kier alpha value is -0.520. The summed E-state index contributed by atoms with van der Waals surface area (Å²) >= 11 is 0. The van der Waals surface area contributed by atoms with Crippen LogP contribution in [0.25, 0.3) is 0 Å². The summed E-state index contributed by atoms with van der Waals surface area (Å²) in [6.07, 6.45) is -152. The topological polar surface area (TPSA) is 172 Å². The minimum atomic E-state index is -6.04. The molecule has 0 aliphatic heterocycles. The Labute approximate surface area is 419 Å². The molecule has 0 heterocycles. The summed E-state index contributed by atoms with van der Waals surface area (Å²) in [5, 5.41) is 9.05. The molecular formula is C38H74NNaO10P. The first-order valence-corrected chi connectivity index (χ1v) is 13.9. The molecule has 0 aromatic carbocycles. The van der Waals surface area contributed by atoms with Gasteiger partial charge in [0.05, 0.1) is 13.2 Å². The van der Waals surface area contributed by atoms with E-state index in [9.17, 15) is 23.8 Å². The van der Waals surface area contributed by atoms with E-state index in [-0.39, 0.29) is 29.6 Å². The number of carbonyl (C=O) groups is 3. The van der Waals surface area contributed by atoms with E-state index in [1.54, 1.807) is 0 Å². The van der Waals surface area contributed by atoms with Gasteiger partial charge in [-0.1, -0.05) is 167 Å². The van der Waals surface area contributed by atoms with Gasteiger partial charge in [0.25, 0.3) is 0 Å². The Kier molecular flexibility index (Phi) is 7.50. The molecular weight excluding hydrogens is 684 g/mol. The molecule has 1 unspecified atom stereocenters. The zero-order chi connectivity index (χ0) is 92.3. The third kappa shape index (κ3) is 37.6. The van der Waals surface area contributed by atoms with E-state index in [4.69, 9.17) is 95.8 Å². The summed E-state index contributed by atoms with van der Waals surface area (Å²) in [7, 11) is -6.04. The number of hydrogen-bond donors (Lipinski definition) is 3. The van der Waals surface area contributed by atoms with Crippen LogP contribution in [0.2, 0.25) is 0 Å². The molecule has 3 atom stereocenters. The molecule has 0 rings (SSSR count). The molecule has 0 aliphatic rings. The fraction of sp³-hybridized carbons (Fsp3) is 0.921. The quantitative estimate of drug-likeness (QED) is 0.0308. The molecule has 0 fully saturated rings. The number of esters is 2. The van der Waals surface area contributed by atoms with Gasteiger partial charge in [0.2, 0.25) is 0 Å². The third-order valence-corrected chi connectivity index (χ3v) is 4.61. The van der Waals surface area contributed by atoms with Crippen molar-refractivity contribution in [3.8, 4) is 0 Å². The number of hydrogen-bond acceptors (Lipinski definition) is 9. The molecule has 297 valence electrons. The van der Waals surface area contributed by atoms with Crippen LogP contribution in [-0.4, -0.2) is 89.4 Å². The Morgan fingerprint density at radius 1 is 0.608 bits per heavy atom. The van der Waals surface area contributed by atoms with Crippen molar-refractivity contribution >= 4 is 55.3 Å². The van der Waals surface area contributed by atoms with Crippen LogP contribution in [0, 0.1) is 0 Å². The predicted octanol–water partition coefficient (Wildman–Crippen LogP) is 9.57. The van der Waals surface area contributed by atoms with Crippen LogP contribution in [0.4, 0.5) is 0 Å². The van der Waals surface area contributed by atoms with E-state index in [1.165, 1.54) is 0 Å². The number of nitrogens with two attached hydrogens (primary N) is 1. The first-order valence-electron chi connectivity index (χ1n) is 43.4. The second-order valence-corrected chi connectivity index (χ2v) is 8.58. The number of phosphoric acid groups is 1. The number of phosphoric ester groups is 1. The number of aliphatic carboxylic acids is 1. The third-order valence-electron chi connectivity index (χ3n) is 3.66. The number of carbonyl (C=O) groups excluding carboxylic acids is 2. The second-order valence-electron chi connectivity index (χ2n) is 7.13. The molecule has 11 nitrogen and oxygen atoms in total. The van der Waals surface area contributed by atoms with E-state index in [0.29, 0.717) is 0 Å². The normalized spacial score (nSPS) is 40.0. The largest absolute Gasteiger partial charge is 0.480 e. The average molecular weight is 821 g/mol. The van der Waals surface area contributed by atoms with E-state index in [0.717, 1.165) is 0 Å². The molecule has 0 spiro atoms. The summed E-state index contributed by atoms with van der Waals surface area (Å²) in [4.78, 5) is 49.1. The number of rotatable bonds is 38. The van der Waals surface area contributed by atoms with Crippen molar-refractivity contribution in [3.05, 3.63) is 0 Å². The molecule has 0 saturated carbocycles. The smallest absolute Gasteiger partial charge is 0.472 e. The minimum Gasteiger partial charge on any atom is -0.480 e. The zero-order valence-electron chi connectivity index (χ0n) is 88.0. The van der Waals surface area contributed by atoms with Crippen LogP contribution < -0.4 is 5.73 Å². The van der Waals surface area contributed by atoms with Crippen molar-refractivity contribution in [1.82, 2.24) is 0 Å². The zero-order valence-corrected chi connectivity index (χ0v) is 28.9. The van der Waals surface area contributed by atoms with Crippen LogP contribution in [0.15, 0.2) is 0 Å². The fourth-order valence-electron chi connectivity index (χ4n) is 1.81. The summed E-state index contributed by atoms with van der Waals surface area (Å²) in [5.74, 6) is -8.34. The van der Waals surface area contributed by atoms with E-state index >= 15 is 0 Å². The molecule has 0 saturated heterocycles. The van der Waals surface area contributed by atoms with Gasteiger partial charge in [-0.3, -0.25) is 23.4 Å². The number of ether oxygens (including phenoxy) is 2. The van der Waals surface area contributed by atoms with Crippen LogP contribution in [-0.2, 0) is 37.5 Å². The standard InChI is InChI=1S/C38H74NO10P.Na/c1-3-5-7-9-11-13-15-17-19-21-23-25-27-29-36(40)46-31-34(32-47-50(44,45)48-33-35(39)38(42)43)49-37(41)30-28-26-24-22-20-18-16-14-12-10-8-6-4-2;/h34-35H,3-33,39H2,1-2H3,(H,42,43)(H,44,45);/t34-,35+;/m1./s1/i1D3,2D3,3D2,4D2,5D2,6D2,7D2,8D2,9D2,10D2,11D2,12D2,13D2,14D2,15D2,16D2,17D2,18D2,19D2,20D2,21D2,22D2,23D2,24D2,25D2,26D2,27D2,28D2,29D2,30D2;. The first-order chi connectivity index (χ1) is 47.5. The number of carboxylic acid groups (broad SMARTS) is 1. The minimum absolute atomic E-state index is 0. The van der Waals surface area contributed by atoms with Crippen molar-refractivity contribution in [2.45, 2.75) is 204 Å². The average Bonchev–Trinajstić information content (AvgIpc) is 0.681. The summed E-state index contributed by atoms with van der Waals surface area (Å²) < 4.78 is 539. The van der Waals surface area contributed by atoms with Gasteiger partial charge in [0, 0.05) is 127 Å². The van der Waals surface area contributed by atoms with E-state index in [1.807, 2.05) is 0 Å². The van der Waals surface area contributed by atoms with Crippen molar-refractivity contribution in [3.63, 3.8) is 0 Å². The van der Waals surface area contributed by atoms with E-state index < -0.39 is 250 Å². The molecule has 0 bridgehead atoms. The Balaban J connectivity index is 0. The Bertz CT molecular complexity index is 3460. The maximum Gasteiger partial charge on any atom is 0.472 e. The second kappa shape index (κ2) is 37.8. The van der Waals surface area contributed by atoms with Crippen LogP contribution in [0.5, 0.6) is 0 Å². The summed E-state index contributed by atoms with van der Waals surface area (Å²) in [6, 6.07) is -2.27. The van der Waals surface area contributed by atoms with Gasteiger partial charge in [-0.05, 0) is 12.7 Å². The Morgan fingerprint density at radius 3 is 1.35 bits per heavy atom. The molecule has 13 heteroatoms. The van der Waals surface area contributed by atoms with Gasteiger partial charge >= 0.3 is 25.7 Å². The maximum atomic E-state index is 13.9. The fourth-order valence-corrected chi connectivity index (χ4v) is 2.59. The van der Waals surface area contributed by atoms with Crippen LogP contribution >= 0.6 is 7.82 Å². The molecule has 0 aromatic heterocycles. The van der Waals surface area contributed by atoms with Crippen molar-refractivity contribution in [2.75, 3.05) is 19.8 Å². The van der Waals surface area contributed by atoms with Crippen LogP contribution in [0.3, 0.4) is 0 Å². The van der Waals surface area contributed by atoms with Crippen molar-refractivity contribution in [2.24, 2.45) is 5.73 Å². The van der Waals surface area contributed by atoms with Crippen molar-refractivity contribution in [1.29, 1.82) is 0 Å². The first kappa shape index (κ1) is 10.1. The van der Waals surface area contributed by atoms with Gasteiger partial charge in [-0.25, -0.2) is 4.57 Å². The molecule has 1 radical (unpaired) electrons. The Morgan fingerprint density at radius 2 is 0.961 bits per heavy atom. The molecule has 0 aliphatic carbocycles. The monoisotopic (exact) mass is 821 g/mol. The van der Waals surface area contributed by atoms with Gasteiger partial charge in [0.1, 0.15) is 12.6 Å². The predicted molar refractivity (Wildman–Crippen MR) is 205 cm³/mol. The van der Waals surface area contributed by atoms with Gasteiger partial charge in [0.15, 0.2) is 6.10 Å². The summed E-state index contributed by atoms with van der Waals surface area (Å²) in [6.45, 7) is -14.7. The molecule has 51 heavy (non-hydrogen) atoms. The van der Waals surface area contributed by atoms with Crippen LogP contribution in [0.1, 0.15) is 277 Å². The van der Waals surface area contributed by atoms with Crippen molar-refractivity contribution < 1.29 is 132 Å². The van der Waals surface area contributed by atoms with E-state index in [2.05, 4.69) is 18.5 Å². The van der Waals surface area contributed by atoms with Gasteiger partial charge < -0.3 is 25.2 Å². The number of carboxylic acids is 1. The van der Waals surface area contributed by atoms with Gasteiger partial charge in [-0.15, -0.1) is 0 Å².